The molecule has 0 atom stereocenters. The highest BCUT2D eigenvalue weighted by molar-refractivity contribution is 5.83. The molecular weight excluding hydrogens is 284 g/mol. The van der Waals surface area contributed by atoms with E-state index in [1.807, 2.05) is 42.5 Å². The number of nitrogens with one attached hydrogen (secondary N) is 1. The van der Waals surface area contributed by atoms with Gasteiger partial charge in [-0.3, -0.25) is 0 Å². The zero-order valence-electron chi connectivity index (χ0n) is 11.7. The molecule has 0 spiro atoms. The Morgan fingerprint density at radius 2 is 1.86 bits per heavy atom. The fraction of sp³-hybridized carbons (Fsp3) is 0.0625. The third-order valence-corrected chi connectivity index (χ3v) is 3.49. The minimum atomic E-state index is 0.578. The van der Waals surface area contributed by atoms with Gasteiger partial charge in [0.15, 0.2) is 11.5 Å². The second-order valence-electron chi connectivity index (χ2n) is 4.72. The highest BCUT2D eigenvalue weighted by Gasteiger charge is 2.24. The summed E-state index contributed by atoms with van der Waals surface area (Å²) in [7, 11) is 1.64. The number of nitrogens with zero attached hydrogens (tertiary/aromatic N) is 1. The quantitative estimate of drug-likeness (QED) is 0.800. The third kappa shape index (κ3) is 1.97. The second-order valence-corrected chi connectivity index (χ2v) is 4.72. The summed E-state index contributed by atoms with van der Waals surface area (Å²) in [6.07, 6.45) is 1.68. The number of fused-ring (bicyclic) bond motifs is 1. The number of rotatable bonds is 3. The highest BCUT2D eigenvalue weighted by atomic mass is 16.9. The van der Waals surface area contributed by atoms with Crippen LogP contribution in [0.15, 0.2) is 53.2 Å². The van der Waals surface area contributed by atoms with Crippen LogP contribution in [-0.4, -0.2) is 12.3 Å². The third-order valence-electron chi connectivity index (χ3n) is 3.49. The van der Waals surface area contributed by atoms with Gasteiger partial charge in [0, 0.05) is 11.2 Å². The Balaban J connectivity index is 1.82. The monoisotopic (exact) mass is 296 g/mol. The van der Waals surface area contributed by atoms with Crippen LogP contribution in [0.1, 0.15) is 0 Å². The summed E-state index contributed by atoms with van der Waals surface area (Å²) in [5, 5.41) is 3.92. The maximum absolute atomic E-state index is 5.44. The first-order chi connectivity index (χ1) is 10.9. The van der Waals surface area contributed by atoms with Crippen molar-refractivity contribution < 1.29 is 18.9 Å². The summed E-state index contributed by atoms with van der Waals surface area (Å²) < 4.78 is 10.6. The average Bonchev–Trinajstić information content (AvgIpc) is 3.23. The largest absolute Gasteiger partial charge is 0.497 e. The Morgan fingerprint density at radius 3 is 2.68 bits per heavy atom. The van der Waals surface area contributed by atoms with E-state index in [0.717, 1.165) is 22.4 Å². The summed E-state index contributed by atoms with van der Waals surface area (Å²) in [5.74, 6) is 2.60. The van der Waals surface area contributed by atoms with Gasteiger partial charge in [0.25, 0.3) is 0 Å². The van der Waals surface area contributed by atoms with E-state index >= 15 is 0 Å². The Hall–Kier alpha value is -2.99. The molecule has 6 nitrogen and oxygen atoms in total. The van der Waals surface area contributed by atoms with Crippen LogP contribution in [0, 0.1) is 0 Å². The molecular formula is C16H12N2O4. The van der Waals surface area contributed by atoms with Crippen molar-refractivity contribution in [2.75, 3.05) is 7.11 Å². The highest BCUT2D eigenvalue weighted by Crippen LogP contribution is 2.43. The number of hydrogen-bond acceptors (Lipinski definition) is 6. The van der Waals surface area contributed by atoms with Gasteiger partial charge >= 0.3 is 0 Å². The SMILES string of the molecule is COc1ccc(-c2cnoc2-c2cccc3c2ONO3)cc1. The normalized spacial score (nSPS) is 12.4. The van der Waals surface area contributed by atoms with E-state index < -0.39 is 0 Å². The first kappa shape index (κ1) is 12.7. The molecule has 1 N–H and O–H groups in total. The Kier molecular flexibility index (Phi) is 2.94. The maximum Gasteiger partial charge on any atom is 0.207 e. The minimum Gasteiger partial charge on any atom is -0.497 e. The van der Waals surface area contributed by atoms with Crippen molar-refractivity contribution in [1.82, 2.24) is 10.8 Å². The number of benzene rings is 2. The summed E-state index contributed by atoms with van der Waals surface area (Å²) >= 11 is 0. The fourth-order valence-corrected chi connectivity index (χ4v) is 2.40. The van der Waals surface area contributed by atoms with Crippen molar-refractivity contribution in [2.45, 2.75) is 0 Å². The van der Waals surface area contributed by atoms with E-state index in [1.54, 1.807) is 13.3 Å². The lowest BCUT2D eigenvalue weighted by atomic mass is 10.0. The summed E-state index contributed by atoms with van der Waals surface area (Å²) in [5.41, 5.74) is 5.00. The van der Waals surface area contributed by atoms with Crippen LogP contribution in [0.2, 0.25) is 0 Å². The number of ether oxygens (including phenoxy) is 1. The van der Waals surface area contributed by atoms with Gasteiger partial charge in [0.2, 0.25) is 5.75 Å². The van der Waals surface area contributed by atoms with Crippen LogP contribution >= 0.6 is 0 Å². The van der Waals surface area contributed by atoms with Gasteiger partial charge in [0.1, 0.15) is 5.75 Å². The lowest BCUT2D eigenvalue weighted by Crippen LogP contribution is -2.14. The van der Waals surface area contributed by atoms with Gasteiger partial charge in [-0.05, 0) is 29.8 Å². The second kappa shape index (κ2) is 5.09. The topological polar surface area (TPSA) is 65.8 Å². The van der Waals surface area contributed by atoms with E-state index in [4.69, 9.17) is 18.9 Å². The van der Waals surface area contributed by atoms with E-state index in [-0.39, 0.29) is 0 Å². The molecule has 0 aliphatic carbocycles. The van der Waals surface area contributed by atoms with Crippen molar-refractivity contribution in [2.24, 2.45) is 0 Å². The predicted octanol–water partition coefficient (Wildman–Crippen LogP) is 3.21. The number of aromatic nitrogens is 1. The smallest absolute Gasteiger partial charge is 0.207 e. The molecule has 3 aromatic rings. The summed E-state index contributed by atoms with van der Waals surface area (Å²) in [4.78, 5) is 10.5. The van der Waals surface area contributed by atoms with Gasteiger partial charge < -0.3 is 18.9 Å². The lowest BCUT2D eigenvalue weighted by molar-refractivity contribution is 0.0262. The van der Waals surface area contributed by atoms with Crippen LogP contribution < -0.4 is 20.1 Å². The summed E-state index contributed by atoms with van der Waals surface area (Å²) in [6.45, 7) is 0. The first-order valence-corrected chi connectivity index (χ1v) is 6.68. The molecule has 1 aliphatic rings. The van der Waals surface area contributed by atoms with Crippen molar-refractivity contribution in [3.05, 3.63) is 48.7 Å². The molecule has 0 bridgehead atoms. The van der Waals surface area contributed by atoms with Gasteiger partial charge in [-0.25, -0.2) is 0 Å². The van der Waals surface area contributed by atoms with Crippen molar-refractivity contribution >= 4 is 0 Å². The van der Waals surface area contributed by atoms with Gasteiger partial charge in [-0.1, -0.05) is 23.4 Å². The van der Waals surface area contributed by atoms with Crippen LogP contribution in [0.4, 0.5) is 0 Å². The Morgan fingerprint density at radius 1 is 1.00 bits per heavy atom. The van der Waals surface area contributed by atoms with E-state index in [1.165, 1.54) is 0 Å². The van der Waals surface area contributed by atoms with Crippen molar-refractivity contribution in [3.63, 3.8) is 0 Å². The van der Waals surface area contributed by atoms with Crippen LogP contribution in [0.25, 0.3) is 22.5 Å². The Labute approximate surface area is 126 Å². The molecule has 4 rings (SSSR count). The van der Waals surface area contributed by atoms with Gasteiger partial charge in [-0.15, -0.1) is 0 Å². The van der Waals surface area contributed by atoms with E-state index in [0.29, 0.717) is 17.3 Å². The van der Waals surface area contributed by atoms with Crippen molar-refractivity contribution in [3.8, 4) is 39.7 Å². The molecule has 0 saturated carbocycles. The zero-order chi connectivity index (χ0) is 14.9. The van der Waals surface area contributed by atoms with E-state index in [9.17, 15) is 0 Å². The van der Waals surface area contributed by atoms with E-state index in [2.05, 4.69) is 10.8 Å². The molecule has 2 heterocycles. The summed E-state index contributed by atoms with van der Waals surface area (Å²) in [6, 6.07) is 13.3. The van der Waals surface area contributed by atoms with Gasteiger partial charge in [0.05, 0.1) is 18.9 Å². The average molecular weight is 296 g/mol. The molecule has 0 amide bonds. The molecule has 6 heteroatoms. The molecule has 1 aromatic heterocycles. The molecule has 0 saturated heterocycles. The van der Waals surface area contributed by atoms with Gasteiger partial charge in [-0.2, -0.15) is 0 Å². The first-order valence-electron chi connectivity index (χ1n) is 6.68. The molecule has 0 fully saturated rings. The maximum atomic E-state index is 5.44. The molecule has 2 aromatic carbocycles. The molecule has 22 heavy (non-hydrogen) atoms. The standard InChI is InChI=1S/C16H12N2O4/c1-19-11-7-5-10(6-8-11)13-9-17-21-15(13)12-3-2-4-14-16(12)22-18-20-14/h2-9,18H,1H3. The molecule has 0 unspecified atom stereocenters. The van der Waals surface area contributed by atoms with Crippen LogP contribution in [0.3, 0.4) is 0 Å². The Bertz CT molecular complexity index is 811. The predicted molar refractivity (Wildman–Crippen MR) is 78.3 cm³/mol. The number of hydrogen-bond donors (Lipinski definition) is 1. The number of methoxy groups -OCH3 is 1. The minimum absolute atomic E-state index is 0.578. The molecule has 0 radical (unpaired) electrons. The van der Waals surface area contributed by atoms with Crippen LogP contribution in [-0.2, 0) is 0 Å². The fourth-order valence-electron chi connectivity index (χ4n) is 2.40. The lowest BCUT2D eigenvalue weighted by Gasteiger charge is -2.05. The van der Waals surface area contributed by atoms with Crippen molar-refractivity contribution in [1.29, 1.82) is 0 Å². The number of para-hydroxylation sites is 1. The molecule has 110 valence electrons. The van der Waals surface area contributed by atoms with Crippen LogP contribution in [0.5, 0.6) is 17.2 Å². The molecule has 1 aliphatic heterocycles. The zero-order valence-corrected chi connectivity index (χ0v) is 11.7.